The van der Waals surface area contributed by atoms with Crippen molar-refractivity contribution in [3.63, 3.8) is 0 Å². The number of unbranched alkanes of at least 4 members (excludes halogenated alkanes) is 2. The number of aliphatic carboxylic acids is 1. The highest BCUT2D eigenvalue weighted by Crippen LogP contribution is 2.67. The van der Waals surface area contributed by atoms with Crippen LogP contribution in [0.3, 0.4) is 0 Å². The van der Waals surface area contributed by atoms with Crippen molar-refractivity contribution in [2.75, 3.05) is 13.1 Å². The van der Waals surface area contributed by atoms with E-state index in [1.165, 1.54) is 39.0 Å². The largest absolute Gasteiger partial charge is 0.481 e. The van der Waals surface area contributed by atoms with Crippen LogP contribution in [0.1, 0.15) is 105 Å². The summed E-state index contributed by atoms with van der Waals surface area (Å²) in [5.41, 5.74) is 2.34. The molecule has 0 amide bonds. The molecule has 0 spiro atoms. The highest BCUT2D eigenvalue weighted by atomic mass is 16.5. The number of allylic oxidation sites excluding steroid dienone is 1. The van der Waals surface area contributed by atoms with Crippen molar-refractivity contribution in [2.24, 2.45) is 40.4 Å². The predicted octanol–water partition coefficient (Wildman–Crippen LogP) is 6.37. The molecular weight excluding hydrogens is 438 g/mol. The topological polar surface area (TPSA) is 75.6 Å². The lowest BCUT2D eigenvalue weighted by molar-refractivity contribution is -0.148. The standard InChI is InChI=1S/C30H49NO4/c1-20(19-31-17-7-5-6-8-28(33)34)25-11-12-26-24-10-9-22-18-23(35-21(2)32)13-15-29(22,3)27(24)14-16-30(25,26)4/h9,20,23-27,31H,5-8,10-19H2,1-4H3,(H,33,34)/t20-,23+,24+,25-,26+,27+,29+,30-/m1/s1. The minimum Gasteiger partial charge on any atom is -0.481 e. The Labute approximate surface area is 212 Å². The van der Waals surface area contributed by atoms with E-state index in [2.05, 4.69) is 32.2 Å². The first-order valence-electron chi connectivity index (χ1n) is 14.4. The van der Waals surface area contributed by atoms with Gasteiger partial charge in [-0.2, -0.15) is 0 Å². The minimum atomic E-state index is -0.682. The first-order valence-corrected chi connectivity index (χ1v) is 14.4. The number of ether oxygens (including phenoxy) is 1. The van der Waals surface area contributed by atoms with Crippen molar-refractivity contribution in [3.05, 3.63) is 11.6 Å². The molecule has 0 aromatic carbocycles. The van der Waals surface area contributed by atoms with Crippen molar-refractivity contribution in [3.8, 4) is 0 Å². The lowest BCUT2D eigenvalue weighted by atomic mass is 9.47. The van der Waals surface area contributed by atoms with E-state index in [0.717, 1.165) is 75.3 Å². The van der Waals surface area contributed by atoms with Crippen molar-refractivity contribution >= 4 is 11.9 Å². The van der Waals surface area contributed by atoms with Gasteiger partial charge in [-0.1, -0.05) is 38.8 Å². The minimum absolute atomic E-state index is 0.0820. The van der Waals surface area contributed by atoms with Crippen LogP contribution in [0.25, 0.3) is 0 Å². The van der Waals surface area contributed by atoms with Gasteiger partial charge in [0.1, 0.15) is 6.10 Å². The molecule has 198 valence electrons. The zero-order chi connectivity index (χ0) is 25.2. The van der Waals surface area contributed by atoms with Crippen molar-refractivity contribution in [1.82, 2.24) is 5.32 Å². The Kier molecular flexibility index (Phi) is 8.35. The summed E-state index contributed by atoms with van der Waals surface area (Å²) in [7, 11) is 0. The van der Waals surface area contributed by atoms with Gasteiger partial charge >= 0.3 is 11.9 Å². The number of carboxylic acids is 1. The Balaban J connectivity index is 1.33. The SMILES string of the molecule is CC(=O)O[C@H]1CC[C@@]2(C)C(=CC[C@H]3[C@@H]4CC[C@H]([C@H](C)CNCCCCCC(=O)O)[C@@]4(C)CC[C@@H]32)C1. The molecule has 5 nitrogen and oxygen atoms in total. The Morgan fingerprint density at radius 1 is 1.11 bits per heavy atom. The van der Waals surface area contributed by atoms with Crippen LogP contribution in [0.2, 0.25) is 0 Å². The van der Waals surface area contributed by atoms with E-state index >= 15 is 0 Å². The second-order valence-electron chi connectivity index (χ2n) is 12.8. The fraction of sp³-hybridized carbons (Fsp3) is 0.867. The second kappa shape index (κ2) is 10.9. The van der Waals surface area contributed by atoms with Crippen LogP contribution in [0.15, 0.2) is 11.6 Å². The van der Waals surface area contributed by atoms with Gasteiger partial charge < -0.3 is 15.2 Å². The number of carbonyl (C=O) groups is 2. The lowest BCUT2D eigenvalue weighted by Crippen LogP contribution is -2.51. The maximum atomic E-state index is 11.5. The smallest absolute Gasteiger partial charge is 0.303 e. The monoisotopic (exact) mass is 487 g/mol. The molecule has 2 N–H and O–H groups in total. The zero-order valence-corrected chi connectivity index (χ0v) is 22.6. The zero-order valence-electron chi connectivity index (χ0n) is 22.6. The Morgan fingerprint density at radius 2 is 1.91 bits per heavy atom. The summed E-state index contributed by atoms with van der Waals surface area (Å²) >= 11 is 0. The van der Waals surface area contributed by atoms with E-state index in [9.17, 15) is 9.59 Å². The third kappa shape index (κ3) is 5.50. The summed E-state index contributed by atoms with van der Waals surface area (Å²) in [5.74, 6) is 3.10. The summed E-state index contributed by atoms with van der Waals surface area (Å²) < 4.78 is 5.61. The summed E-state index contributed by atoms with van der Waals surface area (Å²) in [4.78, 5) is 22.2. The van der Waals surface area contributed by atoms with E-state index in [0.29, 0.717) is 23.2 Å². The highest BCUT2D eigenvalue weighted by molar-refractivity contribution is 5.66. The molecule has 0 heterocycles. The Morgan fingerprint density at radius 3 is 2.66 bits per heavy atom. The van der Waals surface area contributed by atoms with E-state index in [-0.39, 0.29) is 12.1 Å². The molecular formula is C30H49NO4. The molecule has 3 saturated carbocycles. The highest BCUT2D eigenvalue weighted by Gasteiger charge is 2.59. The Hall–Kier alpha value is -1.36. The number of esters is 1. The summed E-state index contributed by atoms with van der Waals surface area (Å²) in [6.07, 6.45) is 15.6. The van der Waals surface area contributed by atoms with Crippen molar-refractivity contribution in [1.29, 1.82) is 0 Å². The molecule has 4 aliphatic carbocycles. The fourth-order valence-electron chi connectivity index (χ4n) is 9.11. The number of carboxylic acid groups (broad SMARTS) is 1. The summed E-state index contributed by atoms with van der Waals surface area (Å²) in [6.45, 7) is 11.2. The second-order valence-corrected chi connectivity index (χ2v) is 12.8. The van der Waals surface area contributed by atoms with E-state index < -0.39 is 5.97 Å². The van der Waals surface area contributed by atoms with E-state index in [4.69, 9.17) is 9.84 Å². The summed E-state index contributed by atoms with van der Waals surface area (Å²) in [5, 5.41) is 12.5. The van der Waals surface area contributed by atoms with Gasteiger partial charge in [-0.3, -0.25) is 9.59 Å². The van der Waals surface area contributed by atoms with Crippen LogP contribution < -0.4 is 5.32 Å². The molecule has 0 aromatic heterocycles. The maximum absolute atomic E-state index is 11.5. The third-order valence-electron chi connectivity index (χ3n) is 10.9. The fourth-order valence-corrected chi connectivity index (χ4v) is 9.11. The summed E-state index contributed by atoms with van der Waals surface area (Å²) in [6, 6.07) is 0. The lowest BCUT2D eigenvalue weighted by Gasteiger charge is -2.58. The molecule has 0 aromatic rings. The molecule has 0 saturated heterocycles. The number of hydrogen-bond acceptors (Lipinski definition) is 4. The molecule has 8 atom stereocenters. The molecule has 4 aliphatic rings. The van der Waals surface area contributed by atoms with Gasteiger partial charge in [-0.15, -0.1) is 0 Å². The van der Waals surface area contributed by atoms with Crippen molar-refractivity contribution < 1.29 is 19.4 Å². The first-order chi connectivity index (χ1) is 16.6. The van der Waals surface area contributed by atoms with Gasteiger partial charge in [-0.05, 0) is 111 Å². The average Bonchev–Trinajstić information content (AvgIpc) is 3.15. The average molecular weight is 488 g/mol. The molecule has 0 bridgehead atoms. The van der Waals surface area contributed by atoms with Gasteiger partial charge in [0.2, 0.25) is 0 Å². The third-order valence-corrected chi connectivity index (χ3v) is 10.9. The quantitative estimate of drug-likeness (QED) is 0.213. The first kappa shape index (κ1) is 26.7. The van der Waals surface area contributed by atoms with Gasteiger partial charge in [0.05, 0.1) is 0 Å². The van der Waals surface area contributed by atoms with Gasteiger partial charge in [0.15, 0.2) is 0 Å². The van der Waals surface area contributed by atoms with Crippen molar-refractivity contribution in [2.45, 2.75) is 111 Å². The predicted molar refractivity (Wildman–Crippen MR) is 139 cm³/mol. The van der Waals surface area contributed by atoms with Gasteiger partial charge in [0.25, 0.3) is 0 Å². The molecule has 0 aliphatic heterocycles. The molecule has 0 radical (unpaired) electrons. The number of carbonyl (C=O) groups excluding carboxylic acids is 1. The van der Waals surface area contributed by atoms with Crippen LogP contribution in [0, 0.1) is 40.4 Å². The number of rotatable bonds is 10. The maximum Gasteiger partial charge on any atom is 0.303 e. The molecule has 3 fully saturated rings. The van der Waals surface area contributed by atoms with Gasteiger partial charge in [0, 0.05) is 19.8 Å². The number of hydrogen-bond donors (Lipinski definition) is 2. The Bertz CT molecular complexity index is 808. The molecule has 0 unspecified atom stereocenters. The van der Waals surface area contributed by atoms with Gasteiger partial charge in [-0.25, -0.2) is 0 Å². The van der Waals surface area contributed by atoms with Crippen LogP contribution in [-0.2, 0) is 14.3 Å². The van der Waals surface area contributed by atoms with Crippen LogP contribution in [0.4, 0.5) is 0 Å². The molecule has 35 heavy (non-hydrogen) atoms. The van der Waals surface area contributed by atoms with E-state index in [1.807, 2.05) is 0 Å². The van der Waals surface area contributed by atoms with Crippen LogP contribution >= 0.6 is 0 Å². The molecule has 5 heteroatoms. The number of nitrogens with one attached hydrogen (secondary N) is 1. The normalized spacial score (nSPS) is 39.1. The van der Waals surface area contributed by atoms with Crippen LogP contribution in [0.5, 0.6) is 0 Å². The van der Waals surface area contributed by atoms with E-state index in [1.54, 1.807) is 5.57 Å². The number of fused-ring (bicyclic) bond motifs is 5. The molecule has 4 rings (SSSR count). The van der Waals surface area contributed by atoms with Crippen LogP contribution in [-0.4, -0.2) is 36.2 Å².